The number of hydrazine groups is 1. The van der Waals surface area contributed by atoms with Crippen LogP contribution in [-0.2, 0) is 0 Å². The van der Waals surface area contributed by atoms with Crippen LogP contribution in [0.3, 0.4) is 0 Å². The molecule has 0 spiro atoms. The van der Waals surface area contributed by atoms with Gasteiger partial charge in [0.1, 0.15) is 0 Å². The normalized spacial score (nSPS) is 12.3. The third-order valence-electron chi connectivity index (χ3n) is 3.52. The number of nitrogen functional groups attached to an aromatic ring is 1. The van der Waals surface area contributed by atoms with Crippen molar-refractivity contribution in [2.75, 3.05) is 35.3 Å². The highest BCUT2D eigenvalue weighted by Crippen LogP contribution is 2.14. The molecule has 1 unspecified atom stereocenters. The summed E-state index contributed by atoms with van der Waals surface area (Å²) in [6, 6.07) is 0. The SMILES string of the molecule is CCN(CC)c1nc(NN)nc(NCC(C)C(C)C)n1. The minimum absolute atomic E-state index is 0.376. The molecule has 20 heavy (non-hydrogen) atoms. The average molecular weight is 281 g/mol. The van der Waals surface area contributed by atoms with Gasteiger partial charge in [-0.15, -0.1) is 0 Å². The molecule has 0 radical (unpaired) electrons. The van der Waals surface area contributed by atoms with Gasteiger partial charge in [-0.05, 0) is 25.7 Å². The molecule has 0 aliphatic rings. The van der Waals surface area contributed by atoms with Gasteiger partial charge in [-0.2, -0.15) is 15.0 Å². The Hall–Kier alpha value is -1.63. The van der Waals surface area contributed by atoms with E-state index in [1.807, 2.05) is 0 Å². The van der Waals surface area contributed by atoms with E-state index < -0.39 is 0 Å². The predicted octanol–water partition coefficient (Wildman–Crippen LogP) is 1.71. The summed E-state index contributed by atoms with van der Waals surface area (Å²) in [5.41, 5.74) is 2.49. The Bertz CT molecular complexity index is 404. The van der Waals surface area contributed by atoms with E-state index in [1.165, 1.54) is 0 Å². The Labute approximate surface area is 121 Å². The van der Waals surface area contributed by atoms with Gasteiger partial charge in [-0.25, -0.2) is 5.84 Å². The molecule has 0 saturated carbocycles. The number of rotatable bonds is 8. The van der Waals surface area contributed by atoms with Gasteiger partial charge in [0, 0.05) is 19.6 Å². The summed E-state index contributed by atoms with van der Waals surface area (Å²) in [4.78, 5) is 15.0. The predicted molar refractivity (Wildman–Crippen MR) is 83.7 cm³/mol. The van der Waals surface area contributed by atoms with Crippen molar-refractivity contribution < 1.29 is 0 Å². The summed E-state index contributed by atoms with van der Waals surface area (Å²) >= 11 is 0. The molecule has 0 fully saturated rings. The molecule has 114 valence electrons. The lowest BCUT2D eigenvalue weighted by molar-refractivity contribution is 0.439. The number of hydrogen-bond acceptors (Lipinski definition) is 7. The largest absolute Gasteiger partial charge is 0.354 e. The summed E-state index contributed by atoms with van der Waals surface area (Å²) in [6.45, 7) is 13.2. The summed E-state index contributed by atoms with van der Waals surface area (Å²) in [5, 5.41) is 3.26. The molecular weight excluding hydrogens is 254 g/mol. The second-order valence-electron chi connectivity index (χ2n) is 5.20. The van der Waals surface area contributed by atoms with Crippen LogP contribution in [0.15, 0.2) is 0 Å². The van der Waals surface area contributed by atoms with Gasteiger partial charge in [0.05, 0.1) is 0 Å². The van der Waals surface area contributed by atoms with Crippen LogP contribution in [0.4, 0.5) is 17.8 Å². The van der Waals surface area contributed by atoms with Gasteiger partial charge in [0.25, 0.3) is 0 Å². The highest BCUT2D eigenvalue weighted by Gasteiger charge is 2.12. The van der Waals surface area contributed by atoms with E-state index in [0.29, 0.717) is 29.7 Å². The van der Waals surface area contributed by atoms with Crippen LogP contribution in [0.5, 0.6) is 0 Å². The third kappa shape index (κ3) is 4.48. The Kier molecular flexibility index (Phi) is 6.44. The lowest BCUT2D eigenvalue weighted by Gasteiger charge is -2.20. The molecule has 7 heteroatoms. The van der Waals surface area contributed by atoms with Crippen molar-refractivity contribution in [3.8, 4) is 0 Å². The van der Waals surface area contributed by atoms with E-state index in [4.69, 9.17) is 5.84 Å². The molecule has 4 N–H and O–H groups in total. The molecule has 0 bridgehead atoms. The maximum absolute atomic E-state index is 5.43. The molecule has 1 heterocycles. The van der Waals surface area contributed by atoms with Gasteiger partial charge < -0.3 is 10.2 Å². The number of anilines is 3. The molecule has 1 aromatic heterocycles. The minimum Gasteiger partial charge on any atom is -0.354 e. The minimum atomic E-state index is 0.376. The zero-order valence-corrected chi connectivity index (χ0v) is 13.1. The molecule has 1 rings (SSSR count). The van der Waals surface area contributed by atoms with Gasteiger partial charge in [-0.3, -0.25) is 5.43 Å². The molecule has 1 aromatic rings. The highest BCUT2D eigenvalue weighted by atomic mass is 15.4. The standard InChI is InChI=1S/C13H27N7/c1-6-20(7-2)13-17-11(16-12(18-13)19-14)15-8-10(5)9(3)4/h9-10H,6-8,14H2,1-5H3,(H2,15,16,17,18,19). The third-order valence-corrected chi connectivity index (χ3v) is 3.52. The average Bonchev–Trinajstić information content (AvgIpc) is 2.45. The second-order valence-corrected chi connectivity index (χ2v) is 5.20. The van der Waals surface area contributed by atoms with E-state index in [0.717, 1.165) is 19.6 Å². The topological polar surface area (TPSA) is 92.0 Å². The maximum atomic E-state index is 5.43. The second kappa shape index (κ2) is 7.84. The quantitative estimate of drug-likeness (QED) is 0.493. The zero-order valence-electron chi connectivity index (χ0n) is 13.1. The lowest BCUT2D eigenvalue weighted by atomic mass is 9.98. The van der Waals surface area contributed by atoms with E-state index >= 15 is 0 Å². The zero-order chi connectivity index (χ0) is 15.1. The number of nitrogens with zero attached hydrogens (tertiary/aromatic N) is 4. The molecule has 0 amide bonds. The fourth-order valence-electron chi connectivity index (χ4n) is 1.64. The number of hydrogen-bond donors (Lipinski definition) is 3. The summed E-state index contributed by atoms with van der Waals surface area (Å²) < 4.78 is 0. The van der Waals surface area contributed by atoms with Crippen molar-refractivity contribution in [1.82, 2.24) is 15.0 Å². The van der Waals surface area contributed by atoms with Crippen molar-refractivity contribution in [3.63, 3.8) is 0 Å². The highest BCUT2D eigenvalue weighted by molar-refractivity contribution is 5.43. The molecule has 0 saturated heterocycles. The van der Waals surface area contributed by atoms with Crippen molar-refractivity contribution >= 4 is 17.8 Å². The summed E-state index contributed by atoms with van der Waals surface area (Å²) in [6.07, 6.45) is 0. The molecule has 0 aliphatic heterocycles. The van der Waals surface area contributed by atoms with Crippen LogP contribution in [0, 0.1) is 11.8 Å². The Morgan fingerprint density at radius 2 is 1.65 bits per heavy atom. The summed E-state index contributed by atoms with van der Waals surface area (Å²) in [5.74, 6) is 8.15. The van der Waals surface area contributed by atoms with E-state index in [2.05, 4.69) is 65.2 Å². The molecular formula is C13H27N7. The Balaban J connectivity index is 2.87. The van der Waals surface area contributed by atoms with Gasteiger partial charge in [-0.1, -0.05) is 20.8 Å². The monoisotopic (exact) mass is 281 g/mol. The first-order valence-corrected chi connectivity index (χ1v) is 7.23. The van der Waals surface area contributed by atoms with Crippen LogP contribution < -0.4 is 21.5 Å². The maximum Gasteiger partial charge on any atom is 0.243 e. The summed E-state index contributed by atoms with van der Waals surface area (Å²) in [7, 11) is 0. The molecule has 7 nitrogen and oxygen atoms in total. The van der Waals surface area contributed by atoms with Crippen molar-refractivity contribution in [1.29, 1.82) is 0 Å². The number of aromatic nitrogens is 3. The van der Waals surface area contributed by atoms with Crippen LogP contribution in [0.1, 0.15) is 34.6 Å². The van der Waals surface area contributed by atoms with Gasteiger partial charge in [0.15, 0.2) is 0 Å². The van der Waals surface area contributed by atoms with Crippen LogP contribution >= 0.6 is 0 Å². The smallest absolute Gasteiger partial charge is 0.243 e. The van der Waals surface area contributed by atoms with Gasteiger partial charge in [0.2, 0.25) is 17.8 Å². The van der Waals surface area contributed by atoms with Crippen LogP contribution in [0.2, 0.25) is 0 Å². The van der Waals surface area contributed by atoms with E-state index in [-0.39, 0.29) is 0 Å². The van der Waals surface area contributed by atoms with E-state index in [9.17, 15) is 0 Å². The first-order chi connectivity index (χ1) is 9.51. The van der Waals surface area contributed by atoms with Crippen molar-refractivity contribution in [2.45, 2.75) is 34.6 Å². The Morgan fingerprint density at radius 1 is 1.05 bits per heavy atom. The van der Waals surface area contributed by atoms with Crippen molar-refractivity contribution in [2.24, 2.45) is 17.7 Å². The fourth-order valence-corrected chi connectivity index (χ4v) is 1.64. The molecule has 0 aromatic carbocycles. The van der Waals surface area contributed by atoms with E-state index in [1.54, 1.807) is 0 Å². The first kappa shape index (κ1) is 16.4. The van der Waals surface area contributed by atoms with Crippen LogP contribution in [0.25, 0.3) is 0 Å². The van der Waals surface area contributed by atoms with Gasteiger partial charge >= 0.3 is 0 Å². The first-order valence-electron chi connectivity index (χ1n) is 7.23. The van der Waals surface area contributed by atoms with Crippen molar-refractivity contribution in [3.05, 3.63) is 0 Å². The molecule has 1 atom stereocenters. The Morgan fingerprint density at radius 3 is 2.15 bits per heavy atom. The fraction of sp³-hybridized carbons (Fsp3) is 0.769. The number of nitrogens with two attached hydrogens (primary N) is 1. The number of nitrogens with one attached hydrogen (secondary N) is 2. The van der Waals surface area contributed by atoms with Crippen LogP contribution in [-0.4, -0.2) is 34.6 Å². The lowest BCUT2D eigenvalue weighted by Crippen LogP contribution is -2.26. The molecule has 0 aliphatic carbocycles.